The van der Waals surface area contributed by atoms with Crippen LogP contribution in [0.2, 0.25) is 0 Å². The molecule has 1 N–H and O–H groups in total. The molecule has 0 radical (unpaired) electrons. The molecule has 1 atom stereocenters. The average molecular weight is 497 g/mol. The first-order chi connectivity index (χ1) is 16.3. The second-order valence-electron chi connectivity index (χ2n) is 7.54. The number of nitrogens with zero attached hydrogens (tertiary/aromatic N) is 3. The van der Waals surface area contributed by atoms with Gasteiger partial charge in [0.15, 0.2) is 6.61 Å². The van der Waals surface area contributed by atoms with E-state index < -0.39 is 10.0 Å². The molecule has 0 bridgehead atoms. The van der Waals surface area contributed by atoms with Crippen LogP contribution in [0.1, 0.15) is 18.5 Å². The van der Waals surface area contributed by atoms with E-state index in [0.29, 0.717) is 11.4 Å². The van der Waals surface area contributed by atoms with Crippen molar-refractivity contribution in [2.75, 3.05) is 18.0 Å². The van der Waals surface area contributed by atoms with Crippen molar-refractivity contribution in [2.24, 2.45) is 0 Å². The fourth-order valence-electron chi connectivity index (χ4n) is 3.30. The number of amides is 1. The Balaban J connectivity index is 1.30. The van der Waals surface area contributed by atoms with Gasteiger partial charge in [0.1, 0.15) is 9.96 Å². The quantitative estimate of drug-likeness (QED) is 0.378. The highest BCUT2D eigenvalue weighted by molar-refractivity contribution is 7.94. The Labute approximate surface area is 202 Å². The minimum absolute atomic E-state index is 0.153. The number of aromatic nitrogens is 2. The second kappa shape index (κ2) is 10.1. The number of hydrogen-bond acceptors (Lipinski definition) is 6. The number of ether oxygens (including phenoxy) is 1. The third kappa shape index (κ3) is 5.29. The largest absolute Gasteiger partial charge is 0.484 e. The molecule has 4 aromatic rings. The minimum Gasteiger partial charge on any atom is -0.484 e. The number of nitrogens with one attached hydrogen (secondary N) is 1. The van der Waals surface area contributed by atoms with E-state index in [1.807, 2.05) is 42.0 Å². The van der Waals surface area contributed by atoms with Crippen LogP contribution < -0.4 is 14.4 Å². The Hall–Kier alpha value is -3.63. The van der Waals surface area contributed by atoms with Gasteiger partial charge in [-0.15, -0.1) is 11.3 Å². The number of benzene rings is 2. The summed E-state index contributed by atoms with van der Waals surface area (Å²) >= 11 is 1.17. The summed E-state index contributed by atoms with van der Waals surface area (Å²) in [5, 5.41) is 4.64. The van der Waals surface area contributed by atoms with E-state index in [2.05, 4.69) is 10.3 Å². The first-order valence-electron chi connectivity index (χ1n) is 10.5. The molecule has 0 aliphatic heterocycles. The Bertz CT molecular complexity index is 1320. The Morgan fingerprint density at radius 1 is 1.15 bits per heavy atom. The number of imidazole rings is 1. The lowest BCUT2D eigenvalue weighted by Crippen LogP contribution is -2.31. The summed E-state index contributed by atoms with van der Waals surface area (Å²) in [5.74, 6) is 0.214. The molecule has 176 valence electrons. The van der Waals surface area contributed by atoms with Crippen LogP contribution in [0, 0.1) is 0 Å². The Morgan fingerprint density at radius 2 is 1.88 bits per heavy atom. The molecule has 0 saturated carbocycles. The topological polar surface area (TPSA) is 93.5 Å². The van der Waals surface area contributed by atoms with Gasteiger partial charge in [-0.2, -0.15) is 0 Å². The average Bonchev–Trinajstić information content (AvgIpc) is 3.58. The van der Waals surface area contributed by atoms with E-state index in [9.17, 15) is 13.2 Å². The van der Waals surface area contributed by atoms with Gasteiger partial charge >= 0.3 is 0 Å². The van der Waals surface area contributed by atoms with E-state index in [-0.39, 0.29) is 22.8 Å². The predicted octanol–water partition coefficient (Wildman–Crippen LogP) is 4.02. The molecule has 0 saturated heterocycles. The van der Waals surface area contributed by atoms with Crippen LogP contribution in [0.3, 0.4) is 0 Å². The summed E-state index contributed by atoms with van der Waals surface area (Å²) in [5.41, 5.74) is 2.45. The third-order valence-corrected chi connectivity index (χ3v) is 8.41. The van der Waals surface area contributed by atoms with Crippen molar-refractivity contribution in [1.29, 1.82) is 0 Å². The summed E-state index contributed by atoms with van der Waals surface area (Å²) in [6, 6.07) is 17.5. The van der Waals surface area contributed by atoms with E-state index in [1.165, 1.54) is 22.7 Å². The zero-order valence-electron chi connectivity index (χ0n) is 18.7. The smallest absolute Gasteiger partial charge is 0.273 e. The molecule has 0 aliphatic rings. The van der Waals surface area contributed by atoms with Crippen LogP contribution in [0.25, 0.3) is 5.69 Å². The molecule has 2 aromatic heterocycles. The van der Waals surface area contributed by atoms with Crippen molar-refractivity contribution in [1.82, 2.24) is 14.9 Å². The van der Waals surface area contributed by atoms with Crippen molar-refractivity contribution >= 4 is 33.0 Å². The number of thiophene rings is 1. The van der Waals surface area contributed by atoms with Crippen LogP contribution >= 0.6 is 11.3 Å². The van der Waals surface area contributed by atoms with Crippen LogP contribution in [0.4, 0.5) is 5.69 Å². The maximum atomic E-state index is 12.6. The molecule has 4 rings (SSSR count). The second-order valence-corrected chi connectivity index (χ2v) is 10.7. The Morgan fingerprint density at radius 3 is 2.50 bits per heavy atom. The van der Waals surface area contributed by atoms with Crippen molar-refractivity contribution in [3.05, 3.63) is 90.3 Å². The van der Waals surface area contributed by atoms with Crippen LogP contribution in [-0.4, -0.2) is 37.5 Å². The van der Waals surface area contributed by atoms with Crippen LogP contribution in [0.5, 0.6) is 5.75 Å². The number of sulfonamides is 1. The predicted molar refractivity (Wildman–Crippen MR) is 132 cm³/mol. The fraction of sp³-hybridized carbons (Fsp3) is 0.167. The highest BCUT2D eigenvalue weighted by Crippen LogP contribution is 2.26. The molecule has 2 aromatic carbocycles. The number of rotatable bonds is 9. The van der Waals surface area contributed by atoms with Crippen molar-refractivity contribution < 1.29 is 17.9 Å². The summed E-state index contributed by atoms with van der Waals surface area (Å²) in [6.45, 7) is 1.75. The van der Waals surface area contributed by atoms with E-state index in [4.69, 9.17) is 4.74 Å². The van der Waals surface area contributed by atoms with Crippen molar-refractivity contribution in [3.63, 3.8) is 0 Å². The number of hydrogen-bond donors (Lipinski definition) is 1. The lowest BCUT2D eigenvalue weighted by molar-refractivity contribution is -0.123. The zero-order chi connectivity index (χ0) is 24.1. The van der Waals surface area contributed by atoms with Crippen molar-refractivity contribution in [2.45, 2.75) is 17.2 Å². The van der Waals surface area contributed by atoms with Gasteiger partial charge in [0.05, 0.1) is 18.1 Å². The normalized spacial score (nSPS) is 12.2. The lowest BCUT2D eigenvalue weighted by atomic mass is 10.1. The van der Waals surface area contributed by atoms with Gasteiger partial charge in [-0.05, 0) is 60.3 Å². The first kappa shape index (κ1) is 23.5. The molecular weight excluding hydrogens is 472 g/mol. The summed E-state index contributed by atoms with van der Waals surface area (Å²) < 4.78 is 34.3. The van der Waals surface area contributed by atoms with Crippen molar-refractivity contribution in [3.8, 4) is 11.4 Å². The highest BCUT2D eigenvalue weighted by Gasteiger charge is 2.22. The van der Waals surface area contributed by atoms with Gasteiger partial charge < -0.3 is 14.6 Å². The Kier molecular flexibility index (Phi) is 6.99. The SMILES string of the molecule is C[C@@H](NC(=O)COc1ccc(N(C)S(=O)(=O)c2cccs2)cc1)c1ccc(-n2ccnc2)cc1. The molecule has 0 unspecified atom stereocenters. The molecule has 1 amide bonds. The van der Waals surface area contributed by atoms with E-state index >= 15 is 0 Å². The standard InChI is InChI=1S/C24H24N4O4S2/c1-18(19-5-7-21(8-6-19)28-14-13-25-17-28)26-23(29)16-32-22-11-9-20(10-12-22)27(2)34(30,31)24-4-3-15-33-24/h3-15,17-18H,16H2,1-2H3,(H,26,29)/t18-/m1/s1. The van der Waals surface area contributed by atoms with Gasteiger partial charge in [-0.3, -0.25) is 9.10 Å². The van der Waals surface area contributed by atoms with Gasteiger partial charge in [0, 0.05) is 25.1 Å². The molecule has 8 nitrogen and oxygen atoms in total. The van der Waals surface area contributed by atoms with E-state index in [1.54, 1.807) is 54.3 Å². The molecule has 0 fully saturated rings. The fourth-order valence-corrected chi connectivity index (χ4v) is 5.66. The molecule has 34 heavy (non-hydrogen) atoms. The number of carbonyl (C=O) groups excluding carboxylic acids is 1. The summed E-state index contributed by atoms with van der Waals surface area (Å²) in [4.78, 5) is 16.4. The summed E-state index contributed by atoms with van der Waals surface area (Å²) in [6.07, 6.45) is 5.31. The lowest BCUT2D eigenvalue weighted by Gasteiger charge is -2.19. The minimum atomic E-state index is -3.60. The third-order valence-electron chi connectivity index (χ3n) is 5.25. The monoisotopic (exact) mass is 496 g/mol. The maximum absolute atomic E-state index is 12.6. The molecule has 10 heteroatoms. The molecular formula is C24H24N4O4S2. The van der Waals surface area contributed by atoms with E-state index in [0.717, 1.165) is 11.3 Å². The molecule has 0 aliphatic carbocycles. The molecule has 2 heterocycles. The highest BCUT2D eigenvalue weighted by atomic mass is 32.2. The van der Waals surface area contributed by atoms with Gasteiger partial charge in [-0.1, -0.05) is 18.2 Å². The zero-order valence-corrected chi connectivity index (χ0v) is 20.3. The number of anilines is 1. The van der Waals surface area contributed by atoms with Gasteiger partial charge in [0.2, 0.25) is 0 Å². The summed E-state index contributed by atoms with van der Waals surface area (Å²) in [7, 11) is -2.10. The molecule has 0 spiro atoms. The van der Waals surface area contributed by atoms with Gasteiger partial charge in [-0.25, -0.2) is 13.4 Å². The first-order valence-corrected chi connectivity index (χ1v) is 12.8. The van der Waals surface area contributed by atoms with Gasteiger partial charge in [0.25, 0.3) is 15.9 Å². The number of carbonyl (C=O) groups is 1. The van der Waals surface area contributed by atoms with Crippen LogP contribution in [0.15, 0.2) is 89.0 Å². The van der Waals surface area contributed by atoms with Crippen LogP contribution in [-0.2, 0) is 14.8 Å². The maximum Gasteiger partial charge on any atom is 0.273 e.